The van der Waals surface area contributed by atoms with Gasteiger partial charge in [0, 0.05) is 13.1 Å². The summed E-state index contributed by atoms with van der Waals surface area (Å²) in [5.41, 5.74) is 11.5. The second kappa shape index (κ2) is 13.5. The molecule has 1 fully saturated rings. The van der Waals surface area contributed by atoms with E-state index in [1.54, 1.807) is 0 Å². The molecule has 190 valence electrons. The molecule has 3 atom stereocenters. The number of amides is 4. The van der Waals surface area contributed by atoms with Crippen LogP contribution in [0.15, 0.2) is 35.3 Å². The number of guanidine groups is 1. The zero-order valence-electron chi connectivity index (χ0n) is 19.2. The van der Waals surface area contributed by atoms with Crippen LogP contribution in [0.1, 0.15) is 31.2 Å². The van der Waals surface area contributed by atoms with Gasteiger partial charge in [-0.1, -0.05) is 30.3 Å². The number of carboxylic acids is 1. The van der Waals surface area contributed by atoms with Crippen LogP contribution in [0.25, 0.3) is 0 Å². The predicted octanol–water partition coefficient (Wildman–Crippen LogP) is -2.27. The highest BCUT2D eigenvalue weighted by atomic mass is 16.4. The smallest absolute Gasteiger partial charge is 0.305 e. The largest absolute Gasteiger partial charge is 0.481 e. The van der Waals surface area contributed by atoms with E-state index in [9.17, 15) is 29.1 Å². The van der Waals surface area contributed by atoms with Crippen LogP contribution in [-0.4, -0.2) is 71.9 Å². The number of nitrogens with two attached hydrogens (primary N) is 2. The number of benzene rings is 1. The Labute approximate surface area is 202 Å². The second-order valence-corrected chi connectivity index (χ2v) is 8.10. The normalized spacial score (nSPS) is 21.7. The van der Waals surface area contributed by atoms with E-state index in [2.05, 4.69) is 26.3 Å². The van der Waals surface area contributed by atoms with Crippen LogP contribution in [0.4, 0.5) is 0 Å². The molecule has 1 aliphatic rings. The van der Waals surface area contributed by atoms with Gasteiger partial charge in [-0.3, -0.25) is 29.0 Å². The number of aliphatic carboxylic acids is 1. The van der Waals surface area contributed by atoms with Gasteiger partial charge in [0.25, 0.3) is 0 Å². The molecule has 2 rings (SSSR count). The number of nitrogens with one attached hydrogen (secondary N) is 4. The molecule has 0 unspecified atom stereocenters. The van der Waals surface area contributed by atoms with Gasteiger partial charge in [0.05, 0.1) is 12.5 Å². The minimum absolute atomic E-state index is 0.00742. The van der Waals surface area contributed by atoms with Gasteiger partial charge in [0.15, 0.2) is 5.96 Å². The molecule has 4 amide bonds. The molecule has 0 saturated carbocycles. The fraction of sp³-hybridized carbons (Fsp3) is 0.455. The maximum Gasteiger partial charge on any atom is 0.305 e. The molecule has 1 aromatic carbocycles. The van der Waals surface area contributed by atoms with Crippen molar-refractivity contribution in [3.05, 3.63) is 35.9 Å². The Morgan fingerprint density at radius 1 is 0.971 bits per heavy atom. The van der Waals surface area contributed by atoms with E-state index in [1.165, 1.54) is 0 Å². The monoisotopic (exact) mass is 489 g/mol. The standard InChI is InChI=1S/C22H31N7O6/c23-22(24)25-8-4-7-15-20(34)26-12-14(9-13-5-2-1-3-6-13)27-21(35)16(10-19(32)33)29-18(31)11-17(30)28-15/h1-3,5-6,14-16H,4,7-12H2,(H,26,34)(H,27,35)(H,28,30)(H,29,31)(H,32,33)(H4,23,24,25)/t14-,15-,16+/m0/s1. The van der Waals surface area contributed by atoms with Crippen LogP contribution in [0.3, 0.4) is 0 Å². The first kappa shape index (κ1) is 27.1. The van der Waals surface area contributed by atoms with E-state index >= 15 is 0 Å². The molecule has 1 aromatic rings. The molecule has 1 heterocycles. The van der Waals surface area contributed by atoms with Crippen molar-refractivity contribution < 1.29 is 29.1 Å². The molecule has 0 spiro atoms. The Morgan fingerprint density at radius 2 is 1.63 bits per heavy atom. The average molecular weight is 490 g/mol. The molecule has 13 heteroatoms. The van der Waals surface area contributed by atoms with Gasteiger partial charge in [-0.05, 0) is 24.8 Å². The van der Waals surface area contributed by atoms with E-state index in [0.29, 0.717) is 12.8 Å². The maximum absolute atomic E-state index is 12.9. The van der Waals surface area contributed by atoms with E-state index in [1.807, 2.05) is 30.3 Å². The summed E-state index contributed by atoms with van der Waals surface area (Å²) in [4.78, 5) is 65.5. The Morgan fingerprint density at radius 3 is 2.26 bits per heavy atom. The summed E-state index contributed by atoms with van der Waals surface area (Å²) in [5, 5.41) is 19.4. The first-order valence-corrected chi connectivity index (χ1v) is 11.1. The lowest BCUT2D eigenvalue weighted by molar-refractivity contribution is -0.141. The van der Waals surface area contributed by atoms with Gasteiger partial charge in [-0.25, -0.2) is 0 Å². The summed E-state index contributed by atoms with van der Waals surface area (Å²) < 4.78 is 0. The fourth-order valence-electron chi connectivity index (χ4n) is 3.51. The number of aliphatic imine (C=N–C) groups is 1. The number of carbonyl (C=O) groups excluding carboxylic acids is 4. The fourth-order valence-corrected chi connectivity index (χ4v) is 3.51. The van der Waals surface area contributed by atoms with Crippen molar-refractivity contribution >= 4 is 35.6 Å². The molecule has 9 N–H and O–H groups in total. The minimum atomic E-state index is -1.39. The first-order chi connectivity index (χ1) is 16.6. The molecule has 0 aromatic heterocycles. The molecule has 0 radical (unpaired) electrons. The highest BCUT2D eigenvalue weighted by Crippen LogP contribution is 2.06. The van der Waals surface area contributed by atoms with E-state index < -0.39 is 60.6 Å². The van der Waals surface area contributed by atoms with Crippen molar-refractivity contribution in [2.24, 2.45) is 16.5 Å². The summed E-state index contributed by atoms with van der Waals surface area (Å²) in [7, 11) is 0. The molecule has 0 bridgehead atoms. The van der Waals surface area contributed by atoms with Crippen molar-refractivity contribution in [1.29, 1.82) is 0 Å². The summed E-state index contributed by atoms with van der Waals surface area (Å²) in [6, 6.07) is 6.21. The van der Waals surface area contributed by atoms with Crippen molar-refractivity contribution in [1.82, 2.24) is 21.3 Å². The number of hydrogen-bond donors (Lipinski definition) is 7. The topological polar surface area (TPSA) is 218 Å². The van der Waals surface area contributed by atoms with Gasteiger partial charge in [-0.15, -0.1) is 0 Å². The average Bonchev–Trinajstić information content (AvgIpc) is 2.78. The first-order valence-electron chi connectivity index (χ1n) is 11.1. The Bertz CT molecular complexity index is 949. The van der Waals surface area contributed by atoms with E-state index in [0.717, 1.165) is 5.56 Å². The van der Waals surface area contributed by atoms with Crippen molar-refractivity contribution in [3.63, 3.8) is 0 Å². The summed E-state index contributed by atoms with van der Waals surface area (Å²) in [6.45, 7) is 0.250. The SMILES string of the molecule is NC(N)=NCCC[C@@H]1NC(=O)CC(=O)N[C@H](CC(=O)O)C(=O)N[C@@H](Cc2ccccc2)CNC1=O. The quantitative estimate of drug-likeness (QED) is 0.0911. The van der Waals surface area contributed by atoms with Crippen LogP contribution in [0, 0.1) is 0 Å². The third-order valence-electron chi connectivity index (χ3n) is 5.14. The molecule has 35 heavy (non-hydrogen) atoms. The van der Waals surface area contributed by atoms with Crippen LogP contribution < -0.4 is 32.7 Å². The Balaban J connectivity index is 2.24. The third-order valence-corrected chi connectivity index (χ3v) is 5.14. The third kappa shape index (κ3) is 10.1. The Hall–Kier alpha value is -4.16. The minimum Gasteiger partial charge on any atom is -0.481 e. The molecule has 0 aliphatic carbocycles. The molecular weight excluding hydrogens is 458 g/mol. The molecular formula is C22H31N7O6. The summed E-state index contributed by atoms with van der Waals surface area (Å²) >= 11 is 0. The lowest BCUT2D eigenvalue weighted by Crippen LogP contribution is -2.54. The van der Waals surface area contributed by atoms with Gasteiger partial charge >= 0.3 is 5.97 Å². The summed E-state index contributed by atoms with van der Waals surface area (Å²) in [5.74, 6) is -4.23. The van der Waals surface area contributed by atoms with Crippen LogP contribution in [-0.2, 0) is 30.4 Å². The van der Waals surface area contributed by atoms with Gasteiger partial charge in [-0.2, -0.15) is 0 Å². The van der Waals surface area contributed by atoms with Crippen LogP contribution in [0.2, 0.25) is 0 Å². The van der Waals surface area contributed by atoms with Gasteiger partial charge < -0.3 is 37.8 Å². The molecule has 1 aliphatic heterocycles. The van der Waals surface area contributed by atoms with Crippen LogP contribution in [0.5, 0.6) is 0 Å². The van der Waals surface area contributed by atoms with Crippen molar-refractivity contribution in [2.75, 3.05) is 13.1 Å². The predicted molar refractivity (Wildman–Crippen MR) is 126 cm³/mol. The second-order valence-electron chi connectivity index (χ2n) is 8.10. The van der Waals surface area contributed by atoms with E-state index in [-0.39, 0.29) is 25.5 Å². The Kier molecular flexibility index (Phi) is 10.5. The highest BCUT2D eigenvalue weighted by Gasteiger charge is 2.29. The van der Waals surface area contributed by atoms with Gasteiger partial charge in [0.1, 0.15) is 18.5 Å². The number of nitrogens with zero attached hydrogens (tertiary/aromatic N) is 1. The van der Waals surface area contributed by atoms with E-state index in [4.69, 9.17) is 11.5 Å². The lowest BCUT2D eigenvalue weighted by atomic mass is 10.0. The molecule has 13 nitrogen and oxygen atoms in total. The van der Waals surface area contributed by atoms with Crippen molar-refractivity contribution in [2.45, 2.75) is 50.2 Å². The lowest BCUT2D eigenvalue weighted by Gasteiger charge is -2.24. The maximum atomic E-state index is 12.9. The highest BCUT2D eigenvalue weighted by molar-refractivity contribution is 6.01. The number of hydrogen-bond acceptors (Lipinski definition) is 6. The number of carbonyl (C=O) groups is 5. The number of carboxylic acid groups (broad SMARTS) is 1. The zero-order chi connectivity index (χ0) is 25.8. The zero-order valence-corrected chi connectivity index (χ0v) is 19.2. The number of rotatable bonds is 8. The summed E-state index contributed by atoms with van der Waals surface area (Å²) in [6.07, 6.45) is -0.436. The van der Waals surface area contributed by atoms with Crippen LogP contribution >= 0.6 is 0 Å². The molecule has 1 saturated heterocycles. The van der Waals surface area contributed by atoms with Crippen molar-refractivity contribution in [3.8, 4) is 0 Å². The van der Waals surface area contributed by atoms with Gasteiger partial charge in [0.2, 0.25) is 23.6 Å².